The maximum atomic E-state index is 11.4. The van der Waals surface area contributed by atoms with Crippen molar-refractivity contribution in [1.82, 2.24) is 0 Å². The van der Waals surface area contributed by atoms with E-state index in [-0.39, 0.29) is 0 Å². The first-order valence-corrected chi connectivity index (χ1v) is 7.56. The molecule has 0 aromatic rings. The Kier molecular flexibility index (Phi) is 7.15. The van der Waals surface area contributed by atoms with Crippen LogP contribution in [0.15, 0.2) is 0 Å². The molecule has 5 atom stereocenters. The highest BCUT2D eigenvalue weighted by molar-refractivity contribution is 6.22. The van der Waals surface area contributed by atoms with Gasteiger partial charge in [0.15, 0.2) is 12.2 Å². The van der Waals surface area contributed by atoms with Gasteiger partial charge < -0.3 is 28.8 Å². The smallest absolute Gasteiger partial charge is 0.303 e. The van der Waals surface area contributed by atoms with Crippen molar-refractivity contribution in [2.45, 2.75) is 57.4 Å². The summed E-state index contributed by atoms with van der Waals surface area (Å²) in [5.74, 6) is -3.13. The maximum Gasteiger partial charge on any atom is 0.303 e. The molecule has 0 bridgehead atoms. The van der Waals surface area contributed by atoms with Gasteiger partial charge in [-0.05, 0) is 0 Å². The third kappa shape index (κ3) is 6.15. The van der Waals surface area contributed by atoms with E-state index < -0.39 is 60.1 Å². The Morgan fingerprint density at radius 1 is 0.920 bits per heavy atom. The van der Waals surface area contributed by atoms with Gasteiger partial charge in [0.2, 0.25) is 6.10 Å². The number of carbonyl (C=O) groups is 4. The van der Waals surface area contributed by atoms with Crippen LogP contribution in [0.1, 0.15) is 27.7 Å². The predicted molar refractivity (Wildman–Crippen MR) is 79.0 cm³/mol. The lowest BCUT2D eigenvalue weighted by Gasteiger charge is -2.45. The summed E-state index contributed by atoms with van der Waals surface area (Å²) in [6.07, 6.45) is -5.84. The first-order valence-electron chi connectivity index (χ1n) is 7.18. The Morgan fingerprint density at radius 3 is 1.84 bits per heavy atom. The fraction of sp³-hybridized carbons (Fsp3) is 0.714. The molecular weight excluding hydrogens is 364 g/mol. The number of carbonyl (C=O) groups excluding carboxylic acids is 4. The van der Waals surface area contributed by atoms with E-state index in [1.54, 1.807) is 0 Å². The summed E-state index contributed by atoms with van der Waals surface area (Å²) < 4.78 is 24.9. The van der Waals surface area contributed by atoms with Crippen molar-refractivity contribution in [1.29, 1.82) is 0 Å². The van der Waals surface area contributed by atoms with Crippen molar-refractivity contribution in [3.63, 3.8) is 0 Å². The first kappa shape index (κ1) is 21.1. The molecule has 0 amide bonds. The second-order valence-corrected chi connectivity index (χ2v) is 5.79. The number of alkyl halides is 1. The van der Waals surface area contributed by atoms with Crippen LogP contribution in [0.25, 0.3) is 0 Å². The SMILES string of the molecule is CC(=O)OC[C@@H]1O[C@@](O)(Cl)[C@@H](OC(C)=O)[C@H](OC(C)=O)[C@H]1OC(C)=O. The van der Waals surface area contributed by atoms with Crippen LogP contribution in [-0.2, 0) is 42.9 Å². The number of hydrogen-bond donors (Lipinski definition) is 1. The van der Waals surface area contributed by atoms with Crippen molar-refractivity contribution in [3.8, 4) is 0 Å². The van der Waals surface area contributed by atoms with Gasteiger partial charge in [0.05, 0.1) is 0 Å². The Bertz CT molecular complexity index is 546. The van der Waals surface area contributed by atoms with Crippen molar-refractivity contribution < 1.29 is 48.0 Å². The van der Waals surface area contributed by atoms with Crippen LogP contribution in [-0.4, -0.2) is 65.3 Å². The van der Waals surface area contributed by atoms with Crippen LogP contribution in [0.4, 0.5) is 0 Å². The second-order valence-electron chi connectivity index (χ2n) is 5.25. The zero-order valence-electron chi connectivity index (χ0n) is 14.0. The summed E-state index contributed by atoms with van der Waals surface area (Å²) in [4.78, 5) is 45.1. The van der Waals surface area contributed by atoms with Crippen molar-refractivity contribution in [2.75, 3.05) is 6.61 Å². The highest BCUT2D eigenvalue weighted by atomic mass is 35.5. The van der Waals surface area contributed by atoms with Crippen LogP contribution < -0.4 is 0 Å². The first-order chi connectivity index (χ1) is 11.4. The third-order valence-electron chi connectivity index (χ3n) is 3.00. The van der Waals surface area contributed by atoms with Crippen LogP contribution in [0.2, 0.25) is 0 Å². The highest BCUT2D eigenvalue weighted by Crippen LogP contribution is 2.36. The molecule has 1 aliphatic rings. The molecule has 1 heterocycles. The van der Waals surface area contributed by atoms with Gasteiger partial charge in [0, 0.05) is 27.7 Å². The largest absolute Gasteiger partial charge is 0.463 e. The van der Waals surface area contributed by atoms with Gasteiger partial charge in [-0.2, -0.15) is 0 Å². The molecule has 10 nitrogen and oxygen atoms in total. The standard InChI is InChI=1S/C14H19ClO10/c1-6(16)21-5-10-11(22-7(2)17)12(23-8(3)18)13(24-9(4)19)14(15,20)25-10/h10-13,20H,5H2,1-4H3/t10-,11-,12+,13-,14+/m0/s1. The van der Waals surface area contributed by atoms with Gasteiger partial charge in [0.1, 0.15) is 12.7 Å². The number of hydrogen-bond acceptors (Lipinski definition) is 10. The molecular formula is C14H19ClO10. The van der Waals surface area contributed by atoms with Crippen LogP contribution in [0.3, 0.4) is 0 Å². The average molecular weight is 383 g/mol. The van der Waals surface area contributed by atoms with E-state index in [0.29, 0.717) is 0 Å². The van der Waals surface area contributed by atoms with Crippen LogP contribution in [0, 0.1) is 0 Å². The minimum atomic E-state index is -2.62. The molecule has 0 aliphatic carbocycles. The van der Waals surface area contributed by atoms with Gasteiger partial charge >= 0.3 is 23.9 Å². The number of rotatable bonds is 5. The zero-order chi connectivity index (χ0) is 19.4. The summed E-state index contributed by atoms with van der Waals surface area (Å²) in [6.45, 7) is 3.83. The van der Waals surface area contributed by atoms with E-state index in [9.17, 15) is 24.3 Å². The van der Waals surface area contributed by atoms with Gasteiger partial charge in [-0.1, -0.05) is 11.6 Å². The molecule has 1 N–H and O–H groups in total. The van der Waals surface area contributed by atoms with E-state index >= 15 is 0 Å². The molecule has 1 fully saturated rings. The molecule has 0 unspecified atom stereocenters. The summed E-state index contributed by atoms with van der Waals surface area (Å²) in [6, 6.07) is 0. The molecule has 1 saturated heterocycles. The van der Waals surface area contributed by atoms with Crippen LogP contribution in [0.5, 0.6) is 0 Å². The topological polar surface area (TPSA) is 135 Å². The molecule has 1 aliphatic heterocycles. The predicted octanol–water partition coefficient (Wildman–Crippen LogP) is -0.372. The fourth-order valence-corrected chi connectivity index (χ4v) is 2.52. The minimum absolute atomic E-state index is 0.465. The molecule has 1 rings (SSSR count). The van der Waals surface area contributed by atoms with Crippen molar-refractivity contribution in [3.05, 3.63) is 0 Å². The zero-order valence-corrected chi connectivity index (χ0v) is 14.8. The normalized spacial score (nSPS) is 31.6. The van der Waals surface area contributed by atoms with Crippen molar-refractivity contribution in [2.24, 2.45) is 0 Å². The van der Waals surface area contributed by atoms with Gasteiger partial charge in [-0.15, -0.1) is 0 Å². The number of ether oxygens (including phenoxy) is 5. The molecule has 0 aromatic heterocycles. The quantitative estimate of drug-likeness (QED) is 0.381. The van der Waals surface area contributed by atoms with Crippen molar-refractivity contribution >= 4 is 35.5 Å². The number of aliphatic hydroxyl groups is 1. The van der Waals surface area contributed by atoms with E-state index in [4.69, 9.17) is 35.3 Å². The fourth-order valence-electron chi connectivity index (χ4n) is 2.23. The molecule has 0 saturated carbocycles. The summed E-state index contributed by atoms with van der Waals surface area (Å²) in [7, 11) is 0. The van der Waals surface area contributed by atoms with Crippen LogP contribution >= 0.6 is 11.6 Å². The lowest BCUT2D eigenvalue weighted by Crippen LogP contribution is -2.66. The summed E-state index contributed by atoms with van der Waals surface area (Å²) >= 11 is 5.86. The van der Waals surface area contributed by atoms with E-state index in [1.165, 1.54) is 0 Å². The van der Waals surface area contributed by atoms with Gasteiger partial charge in [-0.25, -0.2) is 0 Å². The molecule has 0 aromatic carbocycles. The third-order valence-corrected chi connectivity index (χ3v) is 3.31. The number of esters is 4. The Hall–Kier alpha value is -1.91. The maximum absolute atomic E-state index is 11.4. The lowest BCUT2D eigenvalue weighted by molar-refractivity contribution is -0.316. The molecule has 0 spiro atoms. The molecule has 25 heavy (non-hydrogen) atoms. The monoisotopic (exact) mass is 382 g/mol. The van der Waals surface area contributed by atoms with Gasteiger partial charge in [0.25, 0.3) is 5.25 Å². The minimum Gasteiger partial charge on any atom is -0.463 e. The Balaban J connectivity index is 3.24. The lowest BCUT2D eigenvalue weighted by atomic mass is 9.98. The van der Waals surface area contributed by atoms with Gasteiger partial charge in [-0.3, -0.25) is 19.2 Å². The Labute approximate surface area is 148 Å². The number of halogens is 1. The van der Waals surface area contributed by atoms with E-state index in [1.807, 2.05) is 0 Å². The second kappa shape index (κ2) is 8.45. The highest BCUT2D eigenvalue weighted by Gasteiger charge is 2.59. The van der Waals surface area contributed by atoms with E-state index in [0.717, 1.165) is 27.7 Å². The summed E-state index contributed by atoms with van der Waals surface area (Å²) in [5, 5.41) is 7.63. The molecule has 0 radical (unpaired) electrons. The summed E-state index contributed by atoms with van der Waals surface area (Å²) in [5.41, 5.74) is 0. The van der Waals surface area contributed by atoms with E-state index in [2.05, 4.69) is 0 Å². The average Bonchev–Trinajstić information content (AvgIpc) is 2.42. The molecule has 11 heteroatoms. The Morgan fingerprint density at radius 2 is 1.40 bits per heavy atom. The molecule has 142 valence electrons.